The van der Waals surface area contributed by atoms with Gasteiger partial charge in [-0.25, -0.2) is 4.83 Å². The molecule has 0 saturated carbocycles. The van der Waals surface area contributed by atoms with E-state index >= 15 is 0 Å². The molecule has 5 nitrogen and oxygen atoms in total. The van der Waals surface area contributed by atoms with E-state index in [1.807, 2.05) is 49.4 Å². The second kappa shape index (κ2) is 8.51. The van der Waals surface area contributed by atoms with Crippen molar-refractivity contribution in [2.45, 2.75) is 18.4 Å². The van der Waals surface area contributed by atoms with Crippen molar-refractivity contribution >= 4 is 16.2 Å². The van der Waals surface area contributed by atoms with Crippen molar-refractivity contribution in [3.05, 3.63) is 95.6 Å². The Labute approximate surface area is 159 Å². The van der Waals surface area contributed by atoms with Gasteiger partial charge in [-0.1, -0.05) is 60.2 Å². The molecule has 3 rings (SSSR count). The molecule has 0 aliphatic heterocycles. The highest BCUT2D eigenvalue weighted by atomic mass is 32.2. The summed E-state index contributed by atoms with van der Waals surface area (Å²) in [4.78, 5) is 2.37. The highest BCUT2D eigenvalue weighted by Gasteiger charge is 2.10. The highest BCUT2D eigenvalue weighted by Crippen LogP contribution is 2.15. The van der Waals surface area contributed by atoms with Crippen molar-refractivity contribution in [3.8, 4) is 5.75 Å². The number of aryl methyl sites for hydroxylation is 1. The van der Waals surface area contributed by atoms with Crippen LogP contribution in [-0.2, 0) is 16.6 Å². The fourth-order valence-electron chi connectivity index (χ4n) is 2.36. The molecule has 0 aromatic heterocycles. The summed E-state index contributed by atoms with van der Waals surface area (Å²) in [5.74, 6) is 0.686. The number of nitrogens with zero attached hydrogens (tertiary/aromatic N) is 1. The van der Waals surface area contributed by atoms with Crippen LogP contribution in [0.15, 0.2) is 88.9 Å². The topological polar surface area (TPSA) is 67.8 Å². The number of hydrogen-bond donors (Lipinski definition) is 1. The van der Waals surface area contributed by atoms with Crippen LogP contribution < -0.4 is 9.57 Å². The molecule has 0 radical (unpaired) electrons. The van der Waals surface area contributed by atoms with Crippen LogP contribution in [0.3, 0.4) is 0 Å². The number of rotatable bonds is 7. The molecule has 0 saturated heterocycles. The Hall–Kier alpha value is -3.12. The summed E-state index contributed by atoms with van der Waals surface area (Å²) in [5, 5.41) is 3.84. The van der Waals surface area contributed by atoms with Gasteiger partial charge in [0.05, 0.1) is 11.1 Å². The Morgan fingerprint density at radius 2 is 1.70 bits per heavy atom. The molecule has 0 aliphatic carbocycles. The van der Waals surface area contributed by atoms with Crippen LogP contribution >= 0.6 is 0 Å². The van der Waals surface area contributed by atoms with E-state index in [2.05, 4.69) is 9.93 Å². The van der Waals surface area contributed by atoms with Crippen molar-refractivity contribution < 1.29 is 13.2 Å². The lowest BCUT2D eigenvalue weighted by atomic mass is 10.2. The van der Waals surface area contributed by atoms with Crippen LogP contribution in [0.5, 0.6) is 5.75 Å². The van der Waals surface area contributed by atoms with Crippen molar-refractivity contribution in [2.24, 2.45) is 5.10 Å². The summed E-state index contributed by atoms with van der Waals surface area (Å²) in [6.07, 6.45) is 1.44. The maximum Gasteiger partial charge on any atom is 0.276 e. The van der Waals surface area contributed by atoms with Crippen molar-refractivity contribution in [3.63, 3.8) is 0 Å². The zero-order chi connectivity index (χ0) is 19.1. The Kier molecular flexibility index (Phi) is 5.88. The third-order valence-electron chi connectivity index (χ3n) is 3.82. The minimum absolute atomic E-state index is 0.164. The van der Waals surface area contributed by atoms with Gasteiger partial charge < -0.3 is 4.74 Å². The lowest BCUT2D eigenvalue weighted by Crippen LogP contribution is -2.18. The number of sulfonamides is 1. The van der Waals surface area contributed by atoms with Crippen LogP contribution in [0.1, 0.15) is 16.7 Å². The molecule has 3 aromatic carbocycles. The summed E-state index contributed by atoms with van der Waals surface area (Å²) in [5.41, 5.74) is 3.01. The quantitative estimate of drug-likeness (QED) is 0.499. The first-order chi connectivity index (χ1) is 13.0. The normalized spacial score (nSPS) is 11.4. The van der Waals surface area contributed by atoms with E-state index in [9.17, 15) is 8.42 Å². The molecule has 1 N–H and O–H groups in total. The standard InChI is InChI=1S/C21H20N2O3S/c1-17-10-12-18(13-11-17)16-26-20-7-5-6-19(14-20)15-22-23-27(24,25)21-8-3-2-4-9-21/h2-15,23H,16H2,1H3/b22-15+. The highest BCUT2D eigenvalue weighted by molar-refractivity contribution is 7.89. The van der Waals surface area contributed by atoms with Gasteiger partial charge in [0.2, 0.25) is 0 Å². The first kappa shape index (κ1) is 18.7. The van der Waals surface area contributed by atoms with Gasteiger partial charge in [0.1, 0.15) is 12.4 Å². The first-order valence-corrected chi connectivity index (χ1v) is 9.89. The largest absolute Gasteiger partial charge is 0.489 e. The molecular weight excluding hydrogens is 360 g/mol. The number of hydrogen-bond acceptors (Lipinski definition) is 4. The minimum Gasteiger partial charge on any atom is -0.489 e. The fourth-order valence-corrected chi connectivity index (χ4v) is 3.17. The van der Waals surface area contributed by atoms with Crippen LogP contribution in [0.4, 0.5) is 0 Å². The number of hydrazone groups is 1. The molecule has 0 atom stereocenters. The molecule has 0 aliphatic rings. The predicted octanol–water partition coefficient (Wildman–Crippen LogP) is 3.89. The van der Waals surface area contributed by atoms with Crippen LogP contribution in [0.25, 0.3) is 0 Å². The Morgan fingerprint density at radius 1 is 0.963 bits per heavy atom. The van der Waals surface area contributed by atoms with Crippen molar-refractivity contribution in [2.75, 3.05) is 0 Å². The second-order valence-electron chi connectivity index (χ2n) is 6.01. The lowest BCUT2D eigenvalue weighted by molar-refractivity contribution is 0.306. The molecule has 0 amide bonds. The van der Waals surface area contributed by atoms with Crippen LogP contribution in [0, 0.1) is 6.92 Å². The molecule has 27 heavy (non-hydrogen) atoms. The zero-order valence-corrected chi connectivity index (χ0v) is 15.7. The average Bonchev–Trinajstić information content (AvgIpc) is 2.68. The zero-order valence-electron chi connectivity index (χ0n) is 14.9. The molecule has 0 fully saturated rings. The van der Waals surface area contributed by atoms with Crippen LogP contribution in [-0.4, -0.2) is 14.6 Å². The summed E-state index contributed by atoms with van der Waals surface area (Å²) >= 11 is 0. The maximum absolute atomic E-state index is 12.1. The lowest BCUT2D eigenvalue weighted by Gasteiger charge is -2.07. The molecule has 0 spiro atoms. The molecule has 138 valence electrons. The van der Waals surface area contributed by atoms with Gasteiger partial charge >= 0.3 is 0 Å². The van der Waals surface area contributed by atoms with E-state index in [-0.39, 0.29) is 4.90 Å². The van der Waals surface area contributed by atoms with E-state index < -0.39 is 10.0 Å². The first-order valence-electron chi connectivity index (χ1n) is 8.41. The van der Waals surface area contributed by atoms with Crippen molar-refractivity contribution in [1.82, 2.24) is 4.83 Å². The molecule has 3 aromatic rings. The Bertz CT molecular complexity index is 1010. The molecular formula is C21H20N2O3S. The number of benzene rings is 3. The van der Waals surface area contributed by atoms with Gasteiger partial charge in [-0.05, 0) is 42.3 Å². The minimum atomic E-state index is -3.67. The molecule has 0 heterocycles. The van der Waals surface area contributed by atoms with Gasteiger partial charge in [-0.3, -0.25) is 0 Å². The molecule has 0 unspecified atom stereocenters. The van der Waals surface area contributed by atoms with Gasteiger partial charge in [0.15, 0.2) is 0 Å². The number of nitrogens with one attached hydrogen (secondary N) is 1. The van der Waals surface area contributed by atoms with Gasteiger partial charge in [-0.15, -0.1) is 0 Å². The smallest absolute Gasteiger partial charge is 0.276 e. The van der Waals surface area contributed by atoms with Gasteiger partial charge in [-0.2, -0.15) is 13.5 Å². The summed E-state index contributed by atoms with van der Waals surface area (Å²) in [7, 11) is -3.67. The molecule has 0 bridgehead atoms. The maximum atomic E-state index is 12.1. The summed E-state index contributed by atoms with van der Waals surface area (Å²) in [6, 6.07) is 23.5. The third kappa shape index (κ3) is 5.43. The second-order valence-corrected chi connectivity index (χ2v) is 7.67. The molecule has 6 heteroatoms. The summed E-state index contributed by atoms with van der Waals surface area (Å²) < 4.78 is 30.0. The summed E-state index contributed by atoms with van der Waals surface area (Å²) in [6.45, 7) is 2.50. The van der Waals surface area contributed by atoms with E-state index in [1.165, 1.54) is 23.9 Å². The SMILES string of the molecule is Cc1ccc(COc2cccc(/C=N/NS(=O)(=O)c3ccccc3)c2)cc1. The monoisotopic (exact) mass is 380 g/mol. The Balaban J connectivity index is 1.61. The van der Waals surface area contributed by atoms with E-state index in [0.29, 0.717) is 12.4 Å². The third-order valence-corrected chi connectivity index (χ3v) is 5.06. The van der Waals surface area contributed by atoms with E-state index in [1.54, 1.807) is 24.3 Å². The van der Waals surface area contributed by atoms with E-state index in [0.717, 1.165) is 11.1 Å². The van der Waals surface area contributed by atoms with Gasteiger partial charge in [0.25, 0.3) is 10.0 Å². The average molecular weight is 380 g/mol. The number of ether oxygens (including phenoxy) is 1. The Morgan fingerprint density at radius 3 is 2.44 bits per heavy atom. The van der Waals surface area contributed by atoms with E-state index in [4.69, 9.17) is 4.74 Å². The van der Waals surface area contributed by atoms with Crippen molar-refractivity contribution in [1.29, 1.82) is 0 Å². The predicted molar refractivity (Wildman–Crippen MR) is 106 cm³/mol. The fraction of sp³-hybridized carbons (Fsp3) is 0.0952. The van der Waals surface area contributed by atoms with Crippen LogP contribution in [0.2, 0.25) is 0 Å². The van der Waals surface area contributed by atoms with Gasteiger partial charge in [0, 0.05) is 0 Å².